The molecule has 7 nitrogen and oxygen atoms in total. The van der Waals surface area contributed by atoms with Crippen molar-refractivity contribution in [3.8, 4) is 5.69 Å². The van der Waals surface area contributed by atoms with Gasteiger partial charge in [0.25, 0.3) is 0 Å². The number of nitrogens with zero attached hydrogens (tertiary/aromatic N) is 3. The highest BCUT2D eigenvalue weighted by atomic mass is 19.1. The Balaban J connectivity index is 1.77. The number of carbonyl (C=O) groups is 1. The summed E-state index contributed by atoms with van der Waals surface area (Å²) in [6.07, 6.45) is 0. The van der Waals surface area contributed by atoms with Crippen LogP contribution in [-0.4, -0.2) is 26.0 Å². The number of aryl methyl sites for hydroxylation is 4. The molecule has 0 bridgehead atoms. The number of hydrogen-bond donors (Lipinski definition) is 3. The molecule has 2 aromatic heterocycles. The van der Waals surface area contributed by atoms with Gasteiger partial charge in [-0.3, -0.25) is 5.10 Å². The van der Waals surface area contributed by atoms with E-state index in [2.05, 4.69) is 25.9 Å². The second kappa shape index (κ2) is 6.39. The second-order valence-corrected chi connectivity index (χ2v) is 5.89. The lowest BCUT2D eigenvalue weighted by molar-refractivity contribution is 0.262. The van der Waals surface area contributed by atoms with Gasteiger partial charge in [0.1, 0.15) is 5.69 Å². The van der Waals surface area contributed by atoms with Crippen LogP contribution in [0.5, 0.6) is 0 Å². The summed E-state index contributed by atoms with van der Waals surface area (Å²) < 4.78 is 16.0. The first-order chi connectivity index (χ1) is 11.8. The molecule has 2 amide bonds. The van der Waals surface area contributed by atoms with E-state index >= 15 is 0 Å². The number of benzene rings is 1. The van der Waals surface area contributed by atoms with Gasteiger partial charge in [-0.15, -0.1) is 0 Å². The van der Waals surface area contributed by atoms with Gasteiger partial charge in [-0.2, -0.15) is 10.2 Å². The van der Waals surface area contributed by atoms with Crippen molar-refractivity contribution in [3.05, 3.63) is 52.9 Å². The maximum Gasteiger partial charge on any atom is 0.323 e. The predicted molar refractivity (Wildman–Crippen MR) is 93.7 cm³/mol. The van der Waals surface area contributed by atoms with E-state index in [-0.39, 0.29) is 0 Å². The lowest BCUT2D eigenvalue weighted by Crippen LogP contribution is -2.20. The third-order valence-electron chi connectivity index (χ3n) is 3.81. The first kappa shape index (κ1) is 16.7. The van der Waals surface area contributed by atoms with Crippen LogP contribution in [0, 0.1) is 33.5 Å². The minimum Gasteiger partial charge on any atom is -0.308 e. The van der Waals surface area contributed by atoms with E-state index in [0.717, 1.165) is 17.1 Å². The molecule has 130 valence electrons. The molecule has 0 aliphatic rings. The molecule has 0 radical (unpaired) electrons. The molecular formula is C17H19FN6O. The zero-order valence-corrected chi connectivity index (χ0v) is 14.4. The Kier molecular flexibility index (Phi) is 4.26. The van der Waals surface area contributed by atoms with Crippen LogP contribution in [0.4, 0.5) is 20.6 Å². The van der Waals surface area contributed by atoms with Gasteiger partial charge >= 0.3 is 6.03 Å². The number of rotatable bonds is 3. The number of nitrogens with one attached hydrogen (secondary N) is 3. The van der Waals surface area contributed by atoms with Crippen molar-refractivity contribution in [2.24, 2.45) is 0 Å². The number of amides is 2. The third-order valence-corrected chi connectivity index (χ3v) is 3.81. The molecule has 8 heteroatoms. The Morgan fingerprint density at radius 2 is 1.92 bits per heavy atom. The highest BCUT2D eigenvalue weighted by Crippen LogP contribution is 2.21. The van der Waals surface area contributed by atoms with Crippen LogP contribution in [0.15, 0.2) is 24.3 Å². The SMILES string of the molecule is Cc1cc(C)n(-c2ccc(NC(=O)Nc3c(C)n[nH]c3C)cc2F)n1. The quantitative estimate of drug-likeness (QED) is 0.679. The molecule has 0 spiro atoms. The molecule has 0 fully saturated rings. The summed E-state index contributed by atoms with van der Waals surface area (Å²) in [6, 6.07) is 5.88. The number of hydrogen-bond acceptors (Lipinski definition) is 3. The Morgan fingerprint density at radius 1 is 1.16 bits per heavy atom. The van der Waals surface area contributed by atoms with Crippen molar-refractivity contribution in [2.75, 3.05) is 10.6 Å². The lowest BCUT2D eigenvalue weighted by Gasteiger charge is -2.10. The van der Waals surface area contributed by atoms with Crippen molar-refractivity contribution >= 4 is 17.4 Å². The summed E-state index contributed by atoms with van der Waals surface area (Å²) in [5, 5.41) is 16.4. The van der Waals surface area contributed by atoms with Gasteiger partial charge in [-0.05, 0) is 52.0 Å². The van der Waals surface area contributed by atoms with Crippen molar-refractivity contribution < 1.29 is 9.18 Å². The standard InChI is InChI=1S/C17H19FN6O/c1-9-7-10(2)24(23-9)15-6-5-13(8-14(15)18)19-17(25)20-16-11(3)21-22-12(16)4/h5-8H,1-4H3,(H,21,22)(H2,19,20,25). The molecule has 0 saturated carbocycles. The second-order valence-electron chi connectivity index (χ2n) is 5.89. The zero-order chi connectivity index (χ0) is 18.1. The van der Waals surface area contributed by atoms with Gasteiger partial charge in [-0.1, -0.05) is 0 Å². The van der Waals surface area contributed by atoms with Gasteiger partial charge in [0.2, 0.25) is 0 Å². The van der Waals surface area contributed by atoms with Crippen LogP contribution in [0.1, 0.15) is 22.8 Å². The summed E-state index contributed by atoms with van der Waals surface area (Å²) in [5.41, 5.74) is 4.36. The van der Waals surface area contributed by atoms with E-state index in [1.807, 2.05) is 19.9 Å². The fraction of sp³-hybridized carbons (Fsp3) is 0.235. The molecule has 1 aromatic carbocycles. The molecule has 0 aliphatic heterocycles. The molecular weight excluding hydrogens is 323 g/mol. The molecule has 2 heterocycles. The summed E-state index contributed by atoms with van der Waals surface area (Å²) in [5.74, 6) is -0.473. The molecule has 3 aromatic rings. The number of H-pyrrole nitrogens is 1. The molecule has 3 rings (SSSR count). The number of halogens is 1. The van der Waals surface area contributed by atoms with Crippen LogP contribution >= 0.6 is 0 Å². The topological polar surface area (TPSA) is 87.6 Å². The van der Waals surface area contributed by atoms with Gasteiger partial charge in [0.05, 0.1) is 22.8 Å². The van der Waals surface area contributed by atoms with E-state index in [1.165, 1.54) is 10.7 Å². The van der Waals surface area contributed by atoms with Gasteiger partial charge in [0.15, 0.2) is 5.82 Å². The number of urea groups is 1. The zero-order valence-electron chi connectivity index (χ0n) is 14.4. The fourth-order valence-corrected chi connectivity index (χ4v) is 2.64. The predicted octanol–water partition coefficient (Wildman–Crippen LogP) is 3.61. The highest BCUT2D eigenvalue weighted by molar-refractivity contribution is 6.00. The Hall–Kier alpha value is -3.16. The average molecular weight is 342 g/mol. The van der Waals surface area contributed by atoms with Gasteiger partial charge < -0.3 is 10.6 Å². The smallest absolute Gasteiger partial charge is 0.308 e. The van der Waals surface area contributed by atoms with Gasteiger partial charge in [-0.25, -0.2) is 13.9 Å². The highest BCUT2D eigenvalue weighted by Gasteiger charge is 2.13. The number of aromatic nitrogens is 4. The number of anilines is 2. The minimum atomic E-state index is -0.473. The van der Waals surface area contributed by atoms with Crippen LogP contribution < -0.4 is 10.6 Å². The first-order valence-electron chi connectivity index (χ1n) is 7.78. The first-order valence-corrected chi connectivity index (χ1v) is 7.78. The molecule has 0 aliphatic carbocycles. The molecule has 0 saturated heterocycles. The van der Waals surface area contributed by atoms with E-state index in [4.69, 9.17) is 0 Å². The van der Waals surface area contributed by atoms with Crippen LogP contribution in [0.25, 0.3) is 5.69 Å². The van der Waals surface area contributed by atoms with Crippen LogP contribution in [0.3, 0.4) is 0 Å². The lowest BCUT2D eigenvalue weighted by atomic mass is 10.2. The van der Waals surface area contributed by atoms with E-state index < -0.39 is 11.8 Å². The number of aromatic amines is 1. The summed E-state index contributed by atoms with van der Waals surface area (Å²) in [4.78, 5) is 12.1. The summed E-state index contributed by atoms with van der Waals surface area (Å²) in [6.45, 7) is 7.29. The normalized spacial score (nSPS) is 10.8. The Labute approximate surface area is 144 Å². The summed E-state index contributed by atoms with van der Waals surface area (Å²) in [7, 11) is 0. The van der Waals surface area contributed by atoms with Crippen molar-refractivity contribution in [1.29, 1.82) is 0 Å². The maximum absolute atomic E-state index is 14.4. The Bertz CT molecular complexity index is 923. The maximum atomic E-state index is 14.4. The summed E-state index contributed by atoms with van der Waals surface area (Å²) >= 11 is 0. The molecule has 0 unspecified atom stereocenters. The average Bonchev–Trinajstić information content (AvgIpc) is 3.03. The number of carbonyl (C=O) groups excluding carboxylic acids is 1. The molecule has 0 atom stereocenters. The van der Waals surface area contributed by atoms with Gasteiger partial charge in [0, 0.05) is 11.4 Å². The molecule has 3 N–H and O–H groups in total. The fourth-order valence-electron chi connectivity index (χ4n) is 2.64. The van der Waals surface area contributed by atoms with Crippen LogP contribution in [-0.2, 0) is 0 Å². The van der Waals surface area contributed by atoms with E-state index in [9.17, 15) is 9.18 Å². The van der Waals surface area contributed by atoms with E-state index in [0.29, 0.717) is 22.8 Å². The molecule has 25 heavy (non-hydrogen) atoms. The monoisotopic (exact) mass is 342 g/mol. The third kappa shape index (κ3) is 3.37. The van der Waals surface area contributed by atoms with Crippen molar-refractivity contribution in [2.45, 2.75) is 27.7 Å². The largest absolute Gasteiger partial charge is 0.323 e. The van der Waals surface area contributed by atoms with Crippen LogP contribution in [0.2, 0.25) is 0 Å². The Morgan fingerprint density at radius 3 is 2.48 bits per heavy atom. The van der Waals surface area contributed by atoms with E-state index in [1.54, 1.807) is 26.0 Å². The van der Waals surface area contributed by atoms with Crippen molar-refractivity contribution in [3.63, 3.8) is 0 Å². The van der Waals surface area contributed by atoms with Crippen molar-refractivity contribution in [1.82, 2.24) is 20.0 Å². The minimum absolute atomic E-state index is 0.332.